The summed E-state index contributed by atoms with van der Waals surface area (Å²) in [7, 11) is 0. The zero-order valence-electron chi connectivity index (χ0n) is 9.34. The maximum absolute atomic E-state index is 12.9. The molecule has 0 aromatic heterocycles. The van der Waals surface area contributed by atoms with E-state index >= 15 is 0 Å². The Kier molecular flexibility index (Phi) is 5.83. The molecule has 0 amide bonds. The average Bonchev–Trinajstić information content (AvgIpc) is 2.10. The van der Waals surface area contributed by atoms with Gasteiger partial charge < -0.3 is 0 Å². The largest absolute Gasteiger partial charge is 0.421 e. The third-order valence-corrected chi connectivity index (χ3v) is 1.94. The minimum atomic E-state index is -5.27. The number of rotatable bonds is 7. The highest BCUT2D eigenvalue weighted by Crippen LogP contribution is 2.41. The van der Waals surface area contributed by atoms with Crippen LogP contribution in [0.1, 0.15) is 32.6 Å². The number of alkyl halides is 8. The van der Waals surface area contributed by atoms with Crippen molar-refractivity contribution in [3.05, 3.63) is 0 Å². The minimum Gasteiger partial charge on any atom is -0.281 e. The Balaban J connectivity index is 4.53. The molecule has 0 radical (unpaired) electrons. The van der Waals surface area contributed by atoms with Crippen LogP contribution in [-0.2, 0) is 4.74 Å². The second-order valence-electron chi connectivity index (χ2n) is 3.67. The molecule has 18 heavy (non-hydrogen) atoms. The molecule has 0 aromatic rings. The van der Waals surface area contributed by atoms with Gasteiger partial charge in [-0.2, -0.15) is 30.7 Å². The highest BCUT2D eigenvalue weighted by Gasteiger charge is 2.58. The van der Waals surface area contributed by atoms with Crippen LogP contribution in [0.3, 0.4) is 0 Å². The molecule has 0 aliphatic heterocycles. The molecular formula is C9H12F8O. The molecule has 0 spiro atoms. The molecule has 0 aliphatic carbocycles. The Hall–Kier alpha value is -0.600. The van der Waals surface area contributed by atoms with Gasteiger partial charge in [-0.1, -0.05) is 13.3 Å². The van der Waals surface area contributed by atoms with Crippen LogP contribution >= 0.6 is 0 Å². The van der Waals surface area contributed by atoms with Crippen molar-refractivity contribution in [2.24, 2.45) is 0 Å². The van der Waals surface area contributed by atoms with E-state index in [1.165, 1.54) is 6.92 Å². The lowest BCUT2D eigenvalue weighted by Gasteiger charge is -2.27. The molecule has 0 fully saturated rings. The van der Waals surface area contributed by atoms with Crippen LogP contribution in [0.15, 0.2) is 0 Å². The maximum atomic E-state index is 12.9. The first-order valence-electron chi connectivity index (χ1n) is 5.05. The first-order chi connectivity index (χ1) is 7.91. The fourth-order valence-corrected chi connectivity index (χ4v) is 1.01. The van der Waals surface area contributed by atoms with Crippen LogP contribution < -0.4 is 0 Å². The summed E-state index contributed by atoms with van der Waals surface area (Å²) in [5.74, 6) is -4.71. The van der Waals surface area contributed by atoms with E-state index in [2.05, 4.69) is 4.74 Å². The van der Waals surface area contributed by atoms with Gasteiger partial charge in [0.05, 0.1) is 6.42 Å². The van der Waals surface area contributed by atoms with E-state index in [1.807, 2.05) is 0 Å². The molecule has 0 aliphatic rings. The van der Waals surface area contributed by atoms with Gasteiger partial charge in [0.15, 0.2) is 0 Å². The number of unbranched alkanes of at least 4 members (excludes halogenated alkanes) is 1. The van der Waals surface area contributed by atoms with Crippen molar-refractivity contribution in [2.75, 3.05) is 0 Å². The molecule has 0 saturated heterocycles. The van der Waals surface area contributed by atoms with Crippen molar-refractivity contribution >= 4 is 0 Å². The SMILES string of the molecule is CCCCC(F)(F)C(F)(F)OC(F)CC(F)(F)F. The molecule has 0 aromatic carbocycles. The quantitative estimate of drug-likeness (QED) is 0.619. The Morgan fingerprint density at radius 3 is 1.89 bits per heavy atom. The highest BCUT2D eigenvalue weighted by molar-refractivity contribution is 4.77. The van der Waals surface area contributed by atoms with Gasteiger partial charge in [-0.3, -0.25) is 4.74 Å². The molecule has 0 N–H and O–H groups in total. The van der Waals surface area contributed by atoms with Gasteiger partial charge in [0.1, 0.15) is 0 Å². The Labute approximate surface area is 98.1 Å². The van der Waals surface area contributed by atoms with E-state index < -0.39 is 37.4 Å². The van der Waals surface area contributed by atoms with Crippen LogP contribution in [0.25, 0.3) is 0 Å². The van der Waals surface area contributed by atoms with E-state index in [1.54, 1.807) is 0 Å². The third-order valence-electron chi connectivity index (χ3n) is 1.94. The summed E-state index contributed by atoms with van der Waals surface area (Å²) >= 11 is 0. The second kappa shape index (κ2) is 6.03. The Morgan fingerprint density at radius 2 is 1.50 bits per heavy atom. The highest BCUT2D eigenvalue weighted by atomic mass is 19.4. The van der Waals surface area contributed by atoms with Gasteiger partial charge in [-0.05, 0) is 6.42 Å². The van der Waals surface area contributed by atoms with Crippen LogP contribution in [0.5, 0.6) is 0 Å². The topological polar surface area (TPSA) is 9.23 Å². The summed E-state index contributed by atoms with van der Waals surface area (Å²) in [5.41, 5.74) is 0. The number of ether oxygens (including phenoxy) is 1. The molecule has 9 heteroatoms. The molecule has 1 unspecified atom stereocenters. The molecule has 1 nitrogen and oxygen atoms in total. The van der Waals surface area contributed by atoms with Crippen LogP contribution in [0, 0.1) is 0 Å². The van der Waals surface area contributed by atoms with Crippen molar-refractivity contribution in [1.82, 2.24) is 0 Å². The zero-order valence-corrected chi connectivity index (χ0v) is 9.34. The second-order valence-corrected chi connectivity index (χ2v) is 3.67. The summed E-state index contributed by atoms with van der Waals surface area (Å²) in [6.45, 7) is 1.46. The molecular weight excluding hydrogens is 276 g/mol. The number of hydrogen-bond acceptors (Lipinski definition) is 1. The van der Waals surface area contributed by atoms with E-state index in [4.69, 9.17) is 0 Å². The Morgan fingerprint density at radius 1 is 1.00 bits per heavy atom. The number of halogens is 8. The van der Waals surface area contributed by atoms with Crippen molar-refractivity contribution < 1.29 is 39.9 Å². The lowest BCUT2D eigenvalue weighted by Crippen LogP contribution is -2.45. The lowest BCUT2D eigenvalue weighted by atomic mass is 10.1. The molecule has 0 heterocycles. The molecule has 0 rings (SSSR count). The summed E-state index contributed by atoms with van der Waals surface area (Å²) in [5, 5.41) is 0. The first kappa shape index (κ1) is 17.4. The molecule has 0 saturated carbocycles. The normalized spacial score (nSPS) is 15.8. The van der Waals surface area contributed by atoms with Crippen molar-refractivity contribution in [2.45, 2.75) is 57.2 Å². The predicted octanol–water partition coefficient (Wildman–Crippen LogP) is 4.67. The van der Waals surface area contributed by atoms with Gasteiger partial charge >= 0.3 is 18.2 Å². The van der Waals surface area contributed by atoms with Crippen molar-refractivity contribution in [3.8, 4) is 0 Å². The van der Waals surface area contributed by atoms with Gasteiger partial charge in [-0.15, -0.1) is 0 Å². The predicted molar refractivity (Wildman–Crippen MR) is 46.1 cm³/mol. The average molecular weight is 288 g/mol. The maximum Gasteiger partial charge on any atom is 0.421 e. The standard InChI is InChI=1S/C9H12F8O/c1-2-3-4-7(11,12)9(16,17)18-6(10)5-8(13,14)15/h6H,2-5H2,1H3. The smallest absolute Gasteiger partial charge is 0.281 e. The summed E-state index contributed by atoms with van der Waals surface area (Å²) in [6.07, 6.45) is -17.7. The van der Waals surface area contributed by atoms with Crippen LogP contribution in [0.2, 0.25) is 0 Å². The molecule has 1 atom stereocenters. The fourth-order valence-electron chi connectivity index (χ4n) is 1.01. The summed E-state index contributed by atoms with van der Waals surface area (Å²) < 4.78 is 102. The summed E-state index contributed by atoms with van der Waals surface area (Å²) in [4.78, 5) is 0. The monoisotopic (exact) mass is 288 g/mol. The molecule has 110 valence electrons. The van der Waals surface area contributed by atoms with Gasteiger partial charge in [0.25, 0.3) is 0 Å². The lowest BCUT2D eigenvalue weighted by molar-refractivity contribution is -0.383. The van der Waals surface area contributed by atoms with Crippen molar-refractivity contribution in [3.63, 3.8) is 0 Å². The molecule has 0 bridgehead atoms. The zero-order chi connectivity index (χ0) is 14.6. The van der Waals surface area contributed by atoms with Gasteiger partial charge in [0, 0.05) is 6.42 Å². The summed E-state index contributed by atoms with van der Waals surface area (Å²) in [6, 6.07) is 0. The van der Waals surface area contributed by atoms with Crippen molar-refractivity contribution in [1.29, 1.82) is 0 Å². The van der Waals surface area contributed by atoms with E-state index in [0.29, 0.717) is 0 Å². The number of hydrogen-bond donors (Lipinski definition) is 0. The van der Waals surface area contributed by atoms with Gasteiger partial charge in [0.2, 0.25) is 6.36 Å². The van der Waals surface area contributed by atoms with Gasteiger partial charge in [-0.25, -0.2) is 4.39 Å². The van der Waals surface area contributed by atoms with Crippen LogP contribution in [-0.4, -0.2) is 24.6 Å². The fraction of sp³-hybridized carbons (Fsp3) is 1.00. The van der Waals surface area contributed by atoms with Crippen LogP contribution in [0.4, 0.5) is 35.1 Å². The third kappa shape index (κ3) is 5.83. The van der Waals surface area contributed by atoms with E-state index in [0.717, 1.165) is 0 Å². The van der Waals surface area contributed by atoms with E-state index in [9.17, 15) is 35.1 Å². The minimum absolute atomic E-state index is 0.174. The van der Waals surface area contributed by atoms with E-state index in [-0.39, 0.29) is 12.8 Å². The first-order valence-corrected chi connectivity index (χ1v) is 5.05. The Bertz CT molecular complexity index is 249.